The van der Waals surface area contributed by atoms with Crippen molar-refractivity contribution in [2.75, 3.05) is 13.2 Å². The van der Waals surface area contributed by atoms with Crippen LogP contribution in [0.5, 0.6) is 0 Å². The van der Waals surface area contributed by atoms with Gasteiger partial charge < -0.3 is 9.47 Å². The minimum Gasteiger partial charge on any atom is -0.347 e. The Morgan fingerprint density at radius 3 is 2.53 bits per heavy atom. The lowest BCUT2D eigenvalue weighted by Crippen LogP contribution is -2.53. The molecule has 0 amide bonds. The Morgan fingerprint density at radius 1 is 1.12 bits per heavy atom. The highest BCUT2D eigenvalue weighted by molar-refractivity contribution is 5.96. The zero-order valence-corrected chi connectivity index (χ0v) is 10.7. The monoisotopic (exact) mass is 236 g/mol. The van der Waals surface area contributed by atoms with Crippen LogP contribution >= 0.6 is 0 Å². The predicted molar refractivity (Wildman–Crippen MR) is 63.5 cm³/mol. The topological polar surface area (TPSA) is 35.5 Å². The molecule has 1 unspecified atom stereocenters. The number of carbonyl (C=O) groups is 1. The highest BCUT2D eigenvalue weighted by Gasteiger charge is 2.58. The maximum absolute atomic E-state index is 11.9. The molecule has 0 bridgehead atoms. The van der Waals surface area contributed by atoms with Crippen molar-refractivity contribution in [2.45, 2.75) is 51.7 Å². The summed E-state index contributed by atoms with van der Waals surface area (Å²) >= 11 is 0. The lowest BCUT2D eigenvalue weighted by molar-refractivity contribution is -0.237. The van der Waals surface area contributed by atoms with Gasteiger partial charge in [0.2, 0.25) is 0 Å². The van der Waals surface area contributed by atoms with Gasteiger partial charge in [-0.1, -0.05) is 12.5 Å². The van der Waals surface area contributed by atoms with Crippen molar-refractivity contribution in [3.8, 4) is 0 Å². The van der Waals surface area contributed by atoms with E-state index in [0.29, 0.717) is 25.4 Å². The second-order valence-electron chi connectivity index (χ2n) is 5.66. The van der Waals surface area contributed by atoms with Gasteiger partial charge in [0, 0.05) is 18.3 Å². The van der Waals surface area contributed by atoms with Gasteiger partial charge in [-0.05, 0) is 31.8 Å². The van der Waals surface area contributed by atoms with Crippen molar-refractivity contribution in [1.82, 2.24) is 0 Å². The standard InChI is InChI=1S/C14H20O3/c1-10-11-4-3-6-14(16-8-9-17-14)13(11,2)7-5-12(10)15/h3-9H2,1-2H3. The summed E-state index contributed by atoms with van der Waals surface area (Å²) in [6.07, 6.45) is 4.57. The van der Waals surface area contributed by atoms with Gasteiger partial charge in [-0.3, -0.25) is 4.79 Å². The van der Waals surface area contributed by atoms with Crippen LogP contribution in [-0.2, 0) is 14.3 Å². The molecule has 0 aromatic heterocycles. The number of Topliss-reactive ketones (excluding diaryl/α,β-unsaturated/α-hetero) is 1. The van der Waals surface area contributed by atoms with Crippen LogP contribution in [0.2, 0.25) is 0 Å². The number of fused-ring (bicyclic) bond motifs is 2. The maximum atomic E-state index is 11.9. The van der Waals surface area contributed by atoms with Gasteiger partial charge in [0.15, 0.2) is 11.6 Å². The molecule has 1 spiro atoms. The van der Waals surface area contributed by atoms with Gasteiger partial charge in [0.05, 0.1) is 13.2 Å². The summed E-state index contributed by atoms with van der Waals surface area (Å²) in [6, 6.07) is 0. The molecule has 3 nitrogen and oxygen atoms in total. The fourth-order valence-electron chi connectivity index (χ4n) is 3.86. The summed E-state index contributed by atoms with van der Waals surface area (Å²) in [4.78, 5) is 11.9. The maximum Gasteiger partial charge on any atom is 0.177 e. The fraction of sp³-hybridized carbons (Fsp3) is 0.786. The van der Waals surface area contributed by atoms with Crippen molar-refractivity contribution in [3.05, 3.63) is 11.1 Å². The normalized spacial score (nSPS) is 36.5. The summed E-state index contributed by atoms with van der Waals surface area (Å²) in [7, 11) is 0. The first-order chi connectivity index (χ1) is 8.09. The van der Waals surface area contributed by atoms with Gasteiger partial charge >= 0.3 is 0 Å². The number of rotatable bonds is 0. The summed E-state index contributed by atoms with van der Waals surface area (Å²) in [5.74, 6) is -0.129. The quantitative estimate of drug-likeness (QED) is 0.648. The molecular formula is C14H20O3. The Morgan fingerprint density at radius 2 is 1.82 bits per heavy atom. The lowest BCUT2D eigenvalue weighted by atomic mass is 9.60. The summed E-state index contributed by atoms with van der Waals surface area (Å²) in [5, 5.41) is 0. The Kier molecular flexibility index (Phi) is 2.46. The van der Waals surface area contributed by atoms with E-state index in [4.69, 9.17) is 9.47 Å². The Labute approximate surface area is 102 Å². The minimum absolute atomic E-state index is 0.0836. The van der Waals surface area contributed by atoms with Crippen molar-refractivity contribution in [3.63, 3.8) is 0 Å². The van der Waals surface area contributed by atoms with E-state index in [2.05, 4.69) is 6.92 Å². The third-order valence-corrected chi connectivity index (χ3v) is 4.92. The van der Waals surface area contributed by atoms with Gasteiger partial charge in [0.25, 0.3) is 0 Å². The van der Waals surface area contributed by atoms with Crippen LogP contribution in [0.15, 0.2) is 11.1 Å². The summed E-state index contributed by atoms with van der Waals surface area (Å²) in [6.45, 7) is 5.58. The molecule has 17 heavy (non-hydrogen) atoms. The largest absolute Gasteiger partial charge is 0.347 e. The molecule has 0 N–H and O–H groups in total. The van der Waals surface area contributed by atoms with Crippen molar-refractivity contribution >= 4 is 5.78 Å². The first-order valence-electron chi connectivity index (χ1n) is 6.60. The van der Waals surface area contributed by atoms with Gasteiger partial charge in [-0.25, -0.2) is 0 Å². The molecule has 1 heterocycles. The average Bonchev–Trinajstić information content (AvgIpc) is 2.78. The van der Waals surface area contributed by atoms with Gasteiger partial charge in [-0.2, -0.15) is 0 Å². The molecule has 1 atom stereocenters. The molecular weight excluding hydrogens is 216 g/mol. The van der Waals surface area contributed by atoms with E-state index in [1.54, 1.807) is 0 Å². The van der Waals surface area contributed by atoms with Crippen LogP contribution in [-0.4, -0.2) is 24.8 Å². The number of carbonyl (C=O) groups excluding carboxylic acids is 1. The minimum atomic E-state index is -0.442. The number of ketones is 1. The van der Waals surface area contributed by atoms with Crippen LogP contribution in [0.3, 0.4) is 0 Å². The average molecular weight is 236 g/mol. The SMILES string of the molecule is CC1=C2CCCC3(OCCO3)C2(C)CCC1=O. The molecule has 1 aliphatic heterocycles. The number of hydrogen-bond acceptors (Lipinski definition) is 3. The van der Waals surface area contributed by atoms with Crippen molar-refractivity contribution in [1.29, 1.82) is 0 Å². The van der Waals surface area contributed by atoms with E-state index in [1.807, 2.05) is 6.92 Å². The zero-order valence-electron chi connectivity index (χ0n) is 10.7. The van der Waals surface area contributed by atoms with Crippen molar-refractivity contribution in [2.24, 2.45) is 5.41 Å². The lowest BCUT2D eigenvalue weighted by Gasteiger charge is -2.51. The highest BCUT2D eigenvalue weighted by Crippen LogP contribution is 2.57. The highest BCUT2D eigenvalue weighted by atomic mass is 16.7. The Hall–Kier alpha value is -0.670. The third kappa shape index (κ3) is 1.39. The second kappa shape index (κ2) is 3.66. The van der Waals surface area contributed by atoms with Crippen LogP contribution in [0.4, 0.5) is 0 Å². The fourth-order valence-corrected chi connectivity index (χ4v) is 3.86. The van der Waals surface area contributed by atoms with E-state index >= 15 is 0 Å². The first kappa shape index (κ1) is 11.4. The molecule has 1 saturated carbocycles. The molecule has 2 aliphatic carbocycles. The van der Waals surface area contributed by atoms with E-state index < -0.39 is 5.79 Å². The molecule has 3 aliphatic rings. The van der Waals surface area contributed by atoms with Crippen LogP contribution < -0.4 is 0 Å². The van der Waals surface area contributed by atoms with Gasteiger partial charge in [0.1, 0.15) is 0 Å². The van der Waals surface area contributed by atoms with E-state index in [9.17, 15) is 4.79 Å². The smallest absolute Gasteiger partial charge is 0.177 e. The predicted octanol–water partition coefficient (Wildman–Crippen LogP) is 2.60. The summed E-state index contributed by atoms with van der Waals surface area (Å²) in [5.41, 5.74) is 2.18. The molecule has 3 heteroatoms. The summed E-state index contributed by atoms with van der Waals surface area (Å²) < 4.78 is 11.9. The molecule has 2 fully saturated rings. The second-order valence-corrected chi connectivity index (χ2v) is 5.66. The van der Waals surface area contributed by atoms with E-state index in [1.165, 1.54) is 5.57 Å². The van der Waals surface area contributed by atoms with Crippen LogP contribution in [0.25, 0.3) is 0 Å². The van der Waals surface area contributed by atoms with Crippen molar-refractivity contribution < 1.29 is 14.3 Å². The van der Waals surface area contributed by atoms with E-state index in [-0.39, 0.29) is 5.41 Å². The zero-order chi connectivity index (χ0) is 12.1. The number of hydrogen-bond donors (Lipinski definition) is 0. The molecule has 0 aromatic carbocycles. The van der Waals surface area contributed by atoms with Gasteiger partial charge in [-0.15, -0.1) is 0 Å². The molecule has 0 aromatic rings. The number of allylic oxidation sites excluding steroid dienone is 1. The van der Waals surface area contributed by atoms with Crippen LogP contribution in [0, 0.1) is 5.41 Å². The first-order valence-corrected chi connectivity index (χ1v) is 6.60. The molecule has 1 saturated heterocycles. The Balaban J connectivity index is 2.09. The third-order valence-electron chi connectivity index (χ3n) is 4.92. The molecule has 0 radical (unpaired) electrons. The molecule has 94 valence electrons. The number of ether oxygens (including phenoxy) is 2. The van der Waals surface area contributed by atoms with Crippen LogP contribution in [0.1, 0.15) is 46.0 Å². The molecule has 3 rings (SSSR count). The Bertz CT molecular complexity index is 390. The van der Waals surface area contributed by atoms with E-state index in [0.717, 1.165) is 31.3 Å².